The number of halogens is 1. The van der Waals surface area contributed by atoms with Crippen molar-refractivity contribution in [2.75, 3.05) is 7.11 Å². The predicted octanol–water partition coefficient (Wildman–Crippen LogP) is 1.81. The number of ether oxygens (including phenoxy) is 1. The van der Waals surface area contributed by atoms with Gasteiger partial charge in [-0.2, -0.15) is 0 Å². The second-order valence-corrected chi connectivity index (χ2v) is 3.58. The molecule has 0 fully saturated rings. The van der Waals surface area contributed by atoms with Crippen LogP contribution >= 0.6 is 15.9 Å². The summed E-state index contributed by atoms with van der Waals surface area (Å²) < 4.78 is 7.99. The first-order chi connectivity index (χ1) is 6.22. The molecule has 0 aromatic carbocycles. The molecule has 0 unspecified atom stereocenters. The van der Waals surface area contributed by atoms with Crippen LogP contribution in [0.15, 0.2) is 16.7 Å². The Balaban J connectivity index is 2.84. The van der Waals surface area contributed by atoms with E-state index in [-0.39, 0.29) is 0 Å². The molecule has 0 atom stereocenters. The summed E-state index contributed by atoms with van der Waals surface area (Å²) in [5, 5.41) is 7.95. The molecule has 2 heterocycles. The Bertz CT molecular complexity index is 452. The van der Waals surface area contributed by atoms with Crippen molar-refractivity contribution in [1.29, 1.82) is 0 Å². The van der Waals surface area contributed by atoms with E-state index in [4.69, 9.17) is 4.74 Å². The van der Waals surface area contributed by atoms with E-state index in [1.165, 1.54) is 0 Å². The number of methoxy groups -OCH3 is 1. The summed E-state index contributed by atoms with van der Waals surface area (Å²) in [5.41, 5.74) is 0.739. The van der Waals surface area contributed by atoms with Gasteiger partial charge in [-0.1, -0.05) is 0 Å². The zero-order chi connectivity index (χ0) is 9.42. The first-order valence-electron chi connectivity index (χ1n) is 3.77. The summed E-state index contributed by atoms with van der Waals surface area (Å²) in [6.07, 6.45) is 1.91. The number of pyridine rings is 1. The van der Waals surface area contributed by atoms with Crippen molar-refractivity contribution in [2.24, 2.45) is 0 Å². The van der Waals surface area contributed by atoms with Gasteiger partial charge in [-0.15, -0.1) is 10.2 Å². The lowest BCUT2D eigenvalue weighted by molar-refractivity contribution is 0.416. The van der Waals surface area contributed by atoms with Crippen LogP contribution in [0.2, 0.25) is 0 Å². The fraction of sp³-hybridized carbons (Fsp3) is 0.250. The maximum Gasteiger partial charge on any atom is 0.203 e. The van der Waals surface area contributed by atoms with E-state index in [0.29, 0.717) is 0 Å². The van der Waals surface area contributed by atoms with Gasteiger partial charge in [-0.25, -0.2) is 0 Å². The third-order valence-electron chi connectivity index (χ3n) is 1.83. The van der Waals surface area contributed by atoms with Crippen molar-refractivity contribution in [1.82, 2.24) is 14.6 Å². The normalized spacial score (nSPS) is 10.7. The van der Waals surface area contributed by atoms with Crippen LogP contribution in [0.25, 0.3) is 5.65 Å². The van der Waals surface area contributed by atoms with Crippen molar-refractivity contribution in [3.8, 4) is 5.75 Å². The second kappa shape index (κ2) is 2.99. The Morgan fingerprint density at radius 2 is 2.23 bits per heavy atom. The summed E-state index contributed by atoms with van der Waals surface area (Å²) in [6, 6.07) is 1.86. The summed E-state index contributed by atoms with van der Waals surface area (Å²) in [7, 11) is 1.62. The van der Waals surface area contributed by atoms with Crippen LogP contribution < -0.4 is 4.74 Å². The lowest BCUT2D eigenvalue weighted by atomic mass is 10.4. The van der Waals surface area contributed by atoms with E-state index in [2.05, 4.69) is 26.1 Å². The zero-order valence-corrected chi connectivity index (χ0v) is 8.87. The predicted molar refractivity (Wildman–Crippen MR) is 52.0 cm³/mol. The summed E-state index contributed by atoms with van der Waals surface area (Å²) in [5.74, 6) is 1.56. The van der Waals surface area contributed by atoms with Gasteiger partial charge >= 0.3 is 0 Å². The molecule has 13 heavy (non-hydrogen) atoms. The number of aryl methyl sites for hydroxylation is 1. The first-order valence-corrected chi connectivity index (χ1v) is 4.56. The summed E-state index contributed by atoms with van der Waals surface area (Å²) in [4.78, 5) is 0. The van der Waals surface area contributed by atoms with E-state index >= 15 is 0 Å². The Kier molecular flexibility index (Phi) is 1.95. The second-order valence-electron chi connectivity index (χ2n) is 2.67. The smallest absolute Gasteiger partial charge is 0.203 e. The van der Waals surface area contributed by atoms with Crippen LogP contribution in [0.3, 0.4) is 0 Å². The third-order valence-corrected chi connectivity index (χ3v) is 2.26. The van der Waals surface area contributed by atoms with Gasteiger partial charge in [-0.3, -0.25) is 4.40 Å². The molecule has 0 aliphatic carbocycles. The quantitative estimate of drug-likeness (QED) is 0.765. The number of hydrogen-bond donors (Lipinski definition) is 0. The van der Waals surface area contributed by atoms with Gasteiger partial charge in [0.15, 0.2) is 5.75 Å². The fourth-order valence-electron chi connectivity index (χ4n) is 1.19. The van der Waals surface area contributed by atoms with Gasteiger partial charge in [0.1, 0.15) is 5.82 Å². The summed E-state index contributed by atoms with van der Waals surface area (Å²) >= 11 is 3.39. The molecule has 5 heteroatoms. The fourth-order valence-corrected chi connectivity index (χ4v) is 1.61. The molecule has 2 aromatic rings. The molecule has 2 rings (SSSR count). The molecule has 0 saturated heterocycles. The van der Waals surface area contributed by atoms with Gasteiger partial charge in [-0.05, 0) is 28.9 Å². The largest absolute Gasteiger partial charge is 0.493 e. The van der Waals surface area contributed by atoms with E-state index in [1.54, 1.807) is 7.11 Å². The van der Waals surface area contributed by atoms with Crippen LogP contribution in [-0.4, -0.2) is 21.7 Å². The number of aromatic nitrogens is 3. The van der Waals surface area contributed by atoms with E-state index < -0.39 is 0 Å². The van der Waals surface area contributed by atoms with Gasteiger partial charge in [0, 0.05) is 10.7 Å². The zero-order valence-electron chi connectivity index (χ0n) is 7.28. The molecule has 0 saturated carbocycles. The minimum absolute atomic E-state index is 0.718. The third kappa shape index (κ3) is 1.29. The first kappa shape index (κ1) is 8.50. The highest BCUT2D eigenvalue weighted by Gasteiger charge is 2.07. The molecule has 0 aliphatic heterocycles. The molecule has 0 spiro atoms. The molecule has 0 radical (unpaired) electrons. The average Bonchev–Trinajstić information content (AvgIpc) is 2.47. The minimum atomic E-state index is 0.718. The monoisotopic (exact) mass is 241 g/mol. The minimum Gasteiger partial charge on any atom is -0.493 e. The number of hydrogen-bond acceptors (Lipinski definition) is 3. The van der Waals surface area contributed by atoms with E-state index in [1.807, 2.05) is 23.6 Å². The molecule has 0 bridgehead atoms. The lowest BCUT2D eigenvalue weighted by Gasteiger charge is -2.02. The van der Waals surface area contributed by atoms with Crippen LogP contribution in [0.5, 0.6) is 5.75 Å². The maximum absolute atomic E-state index is 5.17. The molecule has 68 valence electrons. The van der Waals surface area contributed by atoms with Gasteiger partial charge in [0.05, 0.1) is 7.11 Å². The number of rotatable bonds is 1. The van der Waals surface area contributed by atoms with E-state index in [0.717, 1.165) is 21.7 Å². The topological polar surface area (TPSA) is 39.4 Å². The Labute approximate surface area is 83.7 Å². The standard InChI is InChI=1S/C8H8BrN3O/c1-5-10-11-8-7(13-2)3-6(9)4-12(5)8/h3-4H,1-2H3. The highest BCUT2D eigenvalue weighted by Crippen LogP contribution is 2.23. The summed E-state index contributed by atoms with van der Waals surface area (Å²) in [6.45, 7) is 1.89. The van der Waals surface area contributed by atoms with Gasteiger partial charge < -0.3 is 4.74 Å². The molecule has 0 amide bonds. The highest BCUT2D eigenvalue weighted by molar-refractivity contribution is 9.10. The molecular formula is C8H8BrN3O. The SMILES string of the molecule is COc1cc(Br)cn2c(C)nnc12. The average molecular weight is 242 g/mol. The van der Waals surface area contributed by atoms with E-state index in [9.17, 15) is 0 Å². The molecule has 4 nitrogen and oxygen atoms in total. The molecule has 2 aromatic heterocycles. The Hall–Kier alpha value is -1.10. The Morgan fingerprint density at radius 1 is 1.46 bits per heavy atom. The Morgan fingerprint density at radius 3 is 2.92 bits per heavy atom. The van der Waals surface area contributed by atoms with Crippen molar-refractivity contribution >= 4 is 21.6 Å². The van der Waals surface area contributed by atoms with Crippen LogP contribution in [-0.2, 0) is 0 Å². The van der Waals surface area contributed by atoms with Crippen LogP contribution in [0.1, 0.15) is 5.82 Å². The van der Waals surface area contributed by atoms with Crippen molar-refractivity contribution < 1.29 is 4.74 Å². The molecular weight excluding hydrogens is 234 g/mol. The lowest BCUT2D eigenvalue weighted by Crippen LogP contribution is -1.92. The molecule has 0 N–H and O–H groups in total. The van der Waals surface area contributed by atoms with Gasteiger partial charge in [0.25, 0.3) is 0 Å². The van der Waals surface area contributed by atoms with Crippen molar-refractivity contribution in [3.05, 3.63) is 22.6 Å². The van der Waals surface area contributed by atoms with Gasteiger partial charge in [0.2, 0.25) is 5.65 Å². The van der Waals surface area contributed by atoms with Crippen molar-refractivity contribution in [2.45, 2.75) is 6.92 Å². The maximum atomic E-state index is 5.17. The number of fused-ring (bicyclic) bond motifs is 1. The van der Waals surface area contributed by atoms with Crippen LogP contribution in [0, 0.1) is 6.92 Å². The highest BCUT2D eigenvalue weighted by atomic mass is 79.9. The van der Waals surface area contributed by atoms with Crippen LogP contribution in [0.4, 0.5) is 0 Å². The number of nitrogens with zero attached hydrogens (tertiary/aromatic N) is 3. The van der Waals surface area contributed by atoms with Crippen molar-refractivity contribution in [3.63, 3.8) is 0 Å². The molecule has 0 aliphatic rings.